The van der Waals surface area contributed by atoms with E-state index in [1.54, 1.807) is 0 Å². The Labute approximate surface area is 213 Å². The molecular formula is C19H27N9O8S. The Morgan fingerprint density at radius 3 is 2.59 bits per heavy atom. The van der Waals surface area contributed by atoms with E-state index in [1.165, 1.54) is 25.1 Å². The van der Waals surface area contributed by atoms with Crippen LogP contribution in [0.4, 0.5) is 0 Å². The smallest absolute Gasteiger partial charge is 0.352 e. The number of amides is 3. The number of aromatic nitrogens is 5. The summed E-state index contributed by atoms with van der Waals surface area (Å²) in [6.07, 6.45) is 1.28. The van der Waals surface area contributed by atoms with Crippen molar-refractivity contribution in [2.45, 2.75) is 31.3 Å². The van der Waals surface area contributed by atoms with Gasteiger partial charge in [0, 0.05) is 25.8 Å². The first-order valence-corrected chi connectivity index (χ1v) is 12.1. The van der Waals surface area contributed by atoms with Gasteiger partial charge in [-0.1, -0.05) is 5.21 Å². The first-order chi connectivity index (χ1) is 17.5. The van der Waals surface area contributed by atoms with Crippen LogP contribution in [0.15, 0.2) is 11.1 Å². The zero-order valence-electron chi connectivity index (χ0n) is 19.7. The van der Waals surface area contributed by atoms with Gasteiger partial charge in [-0.2, -0.15) is 16.4 Å². The van der Waals surface area contributed by atoms with Gasteiger partial charge in [0.15, 0.2) is 11.3 Å². The van der Waals surface area contributed by atoms with E-state index in [9.17, 15) is 28.8 Å². The fourth-order valence-corrected chi connectivity index (χ4v) is 3.83. The topological polar surface area (TPSA) is 253 Å². The highest BCUT2D eigenvalue weighted by Crippen LogP contribution is 2.07. The molecule has 18 heteroatoms. The number of thioether (sulfide) groups is 1. The average Bonchev–Trinajstić information content (AvgIpc) is 3.29. The highest BCUT2D eigenvalue weighted by molar-refractivity contribution is 7.99. The second-order valence-electron chi connectivity index (χ2n) is 7.68. The number of nitrogens with two attached hydrogens (primary N) is 1. The van der Waals surface area contributed by atoms with Gasteiger partial charge in [0.1, 0.15) is 25.0 Å². The van der Waals surface area contributed by atoms with Crippen LogP contribution >= 0.6 is 11.8 Å². The van der Waals surface area contributed by atoms with Crippen molar-refractivity contribution in [2.75, 3.05) is 24.6 Å². The lowest BCUT2D eigenvalue weighted by Gasteiger charge is -2.18. The van der Waals surface area contributed by atoms with Crippen molar-refractivity contribution < 1.29 is 34.2 Å². The molecule has 2 atom stereocenters. The fourth-order valence-electron chi connectivity index (χ4n) is 2.85. The van der Waals surface area contributed by atoms with E-state index in [-0.39, 0.29) is 36.5 Å². The predicted octanol–water partition coefficient (Wildman–Crippen LogP) is -3.45. The van der Waals surface area contributed by atoms with Gasteiger partial charge >= 0.3 is 17.6 Å². The molecule has 2 aromatic rings. The van der Waals surface area contributed by atoms with Gasteiger partial charge in [-0.05, 0) is 18.6 Å². The molecule has 17 nitrogen and oxygen atoms in total. The minimum absolute atomic E-state index is 0.0187. The summed E-state index contributed by atoms with van der Waals surface area (Å²) in [5, 5.41) is 32.3. The molecule has 2 unspecified atom stereocenters. The summed E-state index contributed by atoms with van der Waals surface area (Å²) in [7, 11) is 1.41. The minimum Gasteiger partial charge on any atom is -0.480 e. The van der Waals surface area contributed by atoms with Crippen LogP contribution in [-0.2, 0) is 26.2 Å². The maximum atomic E-state index is 12.4. The van der Waals surface area contributed by atoms with Gasteiger partial charge in [-0.15, -0.1) is 5.10 Å². The average molecular weight is 542 g/mol. The van der Waals surface area contributed by atoms with Crippen LogP contribution in [0.5, 0.6) is 0 Å². The van der Waals surface area contributed by atoms with Crippen LogP contribution in [0.3, 0.4) is 0 Å². The largest absolute Gasteiger partial charge is 0.480 e. The number of nitrogens with one attached hydrogen (secondary N) is 3. The lowest BCUT2D eigenvalue weighted by atomic mass is 10.1. The van der Waals surface area contributed by atoms with E-state index in [1.807, 2.05) is 0 Å². The first-order valence-electron chi connectivity index (χ1n) is 10.9. The SMILES string of the molecule is Cn1nnc2c(C(=O)NCCCSCC(NC(=O)CCC(N)C(=O)O)C(=O)NCC(=O)O)ncn2c1=O. The van der Waals surface area contributed by atoms with Gasteiger partial charge in [-0.3, -0.25) is 24.0 Å². The lowest BCUT2D eigenvalue weighted by Crippen LogP contribution is -2.49. The van der Waals surface area contributed by atoms with Crippen molar-refractivity contribution in [2.24, 2.45) is 12.8 Å². The minimum atomic E-state index is -1.26. The van der Waals surface area contributed by atoms with E-state index in [2.05, 4.69) is 31.2 Å². The van der Waals surface area contributed by atoms with Crippen molar-refractivity contribution in [1.29, 1.82) is 0 Å². The van der Waals surface area contributed by atoms with Crippen molar-refractivity contribution in [3.63, 3.8) is 0 Å². The lowest BCUT2D eigenvalue weighted by molar-refractivity contribution is -0.139. The molecular weight excluding hydrogens is 514 g/mol. The van der Waals surface area contributed by atoms with Crippen molar-refractivity contribution >= 4 is 47.1 Å². The second-order valence-corrected chi connectivity index (χ2v) is 8.83. The summed E-state index contributed by atoms with van der Waals surface area (Å²) < 4.78 is 2.09. The Morgan fingerprint density at radius 2 is 1.92 bits per heavy atom. The Hall–Kier alpha value is -4.06. The zero-order valence-corrected chi connectivity index (χ0v) is 20.6. The molecule has 0 saturated carbocycles. The molecule has 0 aliphatic rings. The first kappa shape index (κ1) is 29.2. The number of carboxylic acid groups (broad SMARTS) is 2. The second kappa shape index (κ2) is 13.9. The van der Waals surface area contributed by atoms with E-state index < -0.39 is 54.0 Å². The number of carbonyl (C=O) groups excluding carboxylic acids is 3. The summed E-state index contributed by atoms with van der Waals surface area (Å²) in [5.41, 5.74) is 4.82. The van der Waals surface area contributed by atoms with Crippen molar-refractivity contribution in [1.82, 2.24) is 40.3 Å². The van der Waals surface area contributed by atoms with Crippen LogP contribution < -0.4 is 27.4 Å². The quantitative estimate of drug-likeness (QED) is 0.120. The van der Waals surface area contributed by atoms with Gasteiger partial charge in [-0.25, -0.2) is 14.2 Å². The molecule has 0 fully saturated rings. The van der Waals surface area contributed by atoms with Crippen molar-refractivity contribution in [3.05, 3.63) is 22.5 Å². The number of hydrogen-bond acceptors (Lipinski definition) is 11. The Morgan fingerprint density at radius 1 is 1.19 bits per heavy atom. The molecule has 2 heterocycles. The van der Waals surface area contributed by atoms with E-state index >= 15 is 0 Å². The molecule has 37 heavy (non-hydrogen) atoms. The number of carboxylic acids is 2. The maximum absolute atomic E-state index is 12.4. The third kappa shape index (κ3) is 8.83. The van der Waals surface area contributed by atoms with E-state index in [4.69, 9.17) is 15.9 Å². The zero-order chi connectivity index (χ0) is 27.5. The van der Waals surface area contributed by atoms with Crippen LogP contribution in [0.2, 0.25) is 0 Å². The molecule has 0 aliphatic heterocycles. The van der Waals surface area contributed by atoms with Crippen LogP contribution in [-0.4, -0.2) is 101 Å². The molecule has 7 N–H and O–H groups in total. The number of aryl methyl sites for hydroxylation is 1. The predicted molar refractivity (Wildman–Crippen MR) is 128 cm³/mol. The maximum Gasteiger partial charge on any atom is 0.352 e. The molecule has 202 valence electrons. The summed E-state index contributed by atoms with van der Waals surface area (Å²) in [4.78, 5) is 74.2. The third-order valence-electron chi connectivity index (χ3n) is 4.81. The van der Waals surface area contributed by atoms with Crippen LogP contribution in [0.25, 0.3) is 5.65 Å². The summed E-state index contributed by atoms with van der Waals surface area (Å²) in [6.45, 7) is -0.399. The van der Waals surface area contributed by atoms with Crippen LogP contribution in [0, 0.1) is 0 Å². The molecule has 0 aromatic carbocycles. The number of aliphatic carboxylic acids is 2. The Kier molecular flexibility index (Phi) is 10.9. The monoisotopic (exact) mass is 541 g/mol. The van der Waals surface area contributed by atoms with Gasteiger partial charge in [0.05, 0.1) is 0 Å². The molecule has 0 spiro atoms. The molecule has 2 aromatic heterocycles. The third-order valence-corrected chi connectivity index (χ3v) is 5.96. The number of hydrogen-bond donors (Lipinski definition) is 6. The number of rotatable bonds is 15. The molecule has 2 rings (SSSR count). The number of fused-ring (bicyclic) bond motifs is 1. The Bertz CT molecular complexity index is 1210. The van der Waals surface area contributed by atoms with Gasteiger partial charge < -0.3 is 31.9 Å². The fraction of sp³-hybridized carbons (Fsp3) is 0.526. The standard InChI is InChI=1S/C19H27N9O8S/c1-27-19(36)28-9-23-14(15(28)25-26-27)17(33)21-5-2-6-37-8-11(16(32)22-7-13(30)31)24-12(29)4-3-10(20)18(34)35/h9-11H,2-8,20H2,1H3,(H,21,33)(H,22,32)(H,24,29)(H,30,31)(H,34,35). The van der Waals surface area contributed by atoms with Gasteiger partial charge in [0.25, 0.3) is 5.91 Å². The number of carbonyl (C=O) groups is 5. The van der Waals surface area contributed by atoms with Crippen LogP contribution in [0.1, 0.15) is 29.8 Å². The molecule has 0 radical (unpaired) electrons. The molecule has 0 aliphatic carbocycles. The normalized spacial score (nSPS) is 12.5. The van der Waals surface area contributed by atoms with Crippen molar-refractivity contribution in [3.8, 4) is 0 Å². The van der Waals surface area contributed by atoms with E-state index in [0.29, 0.717) is 12.2 Å². The number of imidazole rings is 1. The summed E-state index contributed by atoms with van der Waals surface area (Å²) in [5.74, 6) is -3.82. The Balaban J connectivity index is 1.81. The van der Waals surface area contributed by atoms with Gasteiger partial charge in [0.2, 0.25) is 11.8 Å². The summed E-state index contributed by atoms with van der Waals surface area (Å²) >= 11 is 1.27. The van der Waals surface area contributed by atoms with E-state index in [0.717, 1.165) is 9.08 Å². The highest BCUT2D eigenvalue weighted by atomic mass is 32.2. The highest BCUT2D eigenvalue weighted by Gasteiger charge is 2.22. The number of nitrogens with zero attached hydrogens (tertiary/aromatic N) is 5. The summed E-state index contributed by atoms with van der Waals surface area (Å²) in [6, 6.07) is -2.29. The molecule has 0 bridgehead atoms. The molecule has 0 saturated heterocycles. The molecule has 3 amide bonds.